The number of hydrogen-bond acceptors (Lipinski definition) is 3. The summed E-state index contributed by atoms with van der Waals surface area (Å²) in [4.78, 5) is 8.28. The van der Waals surface area contributed by atoms with Crippen LogP contribution in [0.2, 0.25) is 10.0 Å². The predicted octanol–water partition coefficient (Wildman–Crippen LogP) is 4.82. The summed E-state index contributed by atoms with van der Waals surface area (Å²) < 4.78 is 13.9. The second-order valence-electron chi connectivity index (χ2n) is 4.11. The Morgan fingerprint density at radius 1 is 1.00 bits per heavy atom. The molecule has 0 saturated heterocycles. The van der Waals surface area contributed by atoms with Crippen LogP contribution in [0.4, 0.5) is 15.9 Å². The van der Waals surface area contributed by atoms with Crippen molar-refractivity contribution in [3.63, 3.8) is 0 Å². The van der Waals surface area contributed by atoms with Gasteiger partial charge in [-0.15, -0.1) is 0 Å². The zero-order chi connectivity index (χ0) is 14.1. The summed E-state index contributed by atoms with van der Waals surface area (Å²) in [6.07, 6.45) is 1.42. The van der Waals surface area contributed by atoms with Gasteiger partial charge in [0.05, 0.1) is 21.2 Å². The molecule has 3 rings (SSSR count). The van der Waals surface area contributed by atoms with E-state index in [1.165, 1.54) is 12.4 Å². The van der Waals surface area contributed by atoms with Gasteiger partial charge in [0.15, 0.2) is 0 Å². The van der Waals surface area contributed by atoms with Crippen molar-refractivity contribution in [1.82, 2.24) is 9.97 Å². The van der Waals surface area contributed by atoms with E-state index in [1.807, 2.05) is 24.3 Å². The second-order valence-corrected chi connectivity index (χ2v) is 4.92. The third-order valence-electron chi connectivity index (χ3n) is 2.81. The Balaban J connectivity index is 2.08. The van der Waals surface area contributed by atoms with Gasteiger partial charge in [-0.25, -0.2) is 14.4 Å². The van der Waals surface area contributed by atoms with E-state index in [4.69, 9.17) is 23.2 Å². The minimum Gasteiger partial charge on any atom is -0.337 e. The summed E-state index contributed by atoms with van der Waals surface area (Å²) in [5, 5.41) is 4.15. The summed E-state index contributed by atoms with van der Waals surface area (Å²) >= 11 is 11.7. The Bertz CT molecular complexity index is 787. The van der Waals surface area contributed by atoms with Gasteiger partial charge < -0.3 is 5.32 Å². The minimum atomic E-state index is -0.498. The third-order valence-corrected chi connectivity index (χ3v) is 3.53. The number of nitrogens with one attached hydrogen (secondary N) is 1. The quantitative estimate of drug-likeness (QED) is 0.690. The van der Waals surface area contributed by atoms with E-state index in [1.54, 1.807) is 0 Å². The summed E-state index contributed by atoms with van der Waals surface area (Å²) in [6.45, 7) is 0. The average molecular weight is 308 g/mol. The summed E-state index contributed by atoms with van der Waals surface area (Å²) in [5.41, 5.74) is 0.980. The summed E-state index contributed by atoms with van der Waals surface area (Å²) in [6, 6.07) is 10.0. The molecule has 0 saturated carbocycles. The molecule has 2 aromatic carbocycles. The monoisotopic (exact) mass is 307 g/mol. The van der Waals surface area contributed by atoms with Gasteiger partial charge in [-0.1, -0.05) is 35.3 Å². The van der Waals surface area contributed by atoms with Crippen LogP contribution in [0.25, 0.3) is 10.9 Å². The lowest BCUT2D eigenvalue weighted by molar-refractivity contribution is 0.632. The fourth-order valence-electron chi connectivity index (χ4n) is 1.85. The molecule has 0 fully saturated rings. The molecular formula is C14H8Cl2FN3. The molecule has 0 bridgehead atoms. The van der Waals surface area contributed by atoms with Crippen molar-refractivity contribution < 1.29 is 4.39 Å². The number of fused-ring (bicyclic) bond motifs is 1. The van der Waals surface area contributed by atoms with Crippen molar-refractivity contribution in [1.29, 1.82) is 0 Å². The third kappa shape index (κ3) is 2.40. The first-order valence-electron chi connectivity index (χ1n) is 5.76. The lowest BCUT2D eigenvalue weighted by atomic mass is 10.2. The smallest absolute Gasteiger partial charge is 0.148 e. The van der Waals surface area contributed by atoms with Crippen molar-refractivity contribution in [3.8, 4) is 0 Å². The van der Waals surface area contributed by atoms with Crippen molar-refractivity contribution in [2.45, 2.75) is 0 Å². The van der Waals surface area contributed by atoms with Crippen LogP contribution < -0.4 is 5.32 Å². The first-order chi connectivity index (χ1) is 9.65. The number of nitrogens with zero attached hydrogens (tertiary/aromatic N) is 2. The zero-order valence-corrected chi connectivity index (χ0v) is 11.6. The summed E-state index contributed by atoms with van der Waals surface area (Å²) in [5.74, 6) is 0.00924. The molecule has 3 aromatic rings. The molecule has 0 spiro atoms. The first kappa shape index (κ1) is 13.1. The number of benzene rings is 2. The second kappa shape index (κ2) is 5.23. The van der Waals surface area contributed by atoms with Crippen LogP contribution in [0.5, 0.6) is 0 Å². The number of aromatic nitrogens is 2. The molecule has 20 heavy (non-hydrogen) atoms. The molecular weight excluding hydrogens is 300 g/mol. The van der Waals surface area contributed by atoms with Gasteiger partial charge in [-0.3, -0.25) is 0 Å². The topological polar surface area (TPSA) is 37.8 Å². The SMILES string of the molecule is Fc1cc(Cl)c(Cl)cc1Nc1ncnc2ccccc12. The highest BCUT2D eigenvalue weighted by atomic mass is 35.5. The van der Waals surface area contributed by atoms with Crippen LogP contribution in [0.15, 0.2) is 42.7 Å². The van der Waals surface area contributed by atoms with Gasteiger partial charge in [-0.2, -0.15) is 0 Å². The van der Waals surface area contributed by atoms with Crippen LogP contribution in [-0.4, -0.2) is 9.97 Å². The number of para-hydroxylation sites is 1. The highest BCUT2D eigenvalue weighted by Gasteiger charge is 2.10. The molecule has 0 aliphatic carbocycles. The molecule has 100 valence electrons. The number of rotatable bonds is 2. The van der Waals surface area contributed by atoms with E-state index in [2.05, 4.69) is 15.3 Å². The molecule has 1 N–H and O–H groups in total. The molecule has 0 amide bonds. The van der Waals surface area contributed by atoms with Crippen LogP contribution in [0, 0.1) is 5.82 Å². The first-order valence-corrected chi connectivity index (χ1v) is 6.52. The highest BCUT2D eigenvalue weighted by molar-refractivity contribution is 6.42. The van der Waals surface area contributed by atoms with Crippen molar-refractivity contribution in [2.24, 2.45) is 0 Å². The van der Waals surface area contributed by atoms with E-state index < -0.39 is 5.82 Å². The van der Waals surface area contributed by atoms with Crippen molar-refractivity contribution >= 4 is 45.6 Å². The average Bonchev–Trinajstić information content (AvgIpc) is 2.45. The van der Waals surface area contributed by atoms with Crippen LogP contribution in [0.3, 0.4) is 0 Å². The number of hydrogen-bond donors (Lipinski definition) is 1. The van der Waals surface area contributed by atoms with Crippen LogP contribution in [0.1, 0.15) is 0 Å². The fraction of sp³-hybridized carbons (Fsp3) is 0. The Morgan fingerprint density at radius 2 is 1.75 bits per heavy atom. The molecule has 0 atom stereocenters. The molecule has 0 aliphatic rings. The number of anilines is 2. The van der Waals surface area contributed by atoms with E-state index in [-0.39, 0.29) is 15.7 Å². The Morgan fingerprint density at radius 3 is 2.60 bits per heavy atom. The predicted molar refractivity (Wildman–Crippen MR) is 79.2 cm³/mol. The largest absolute Gasteiger partial charge is 0.337 e. The molecule has 0 radical (unpaired) electrons. The van der Waals surface area contributed by atoms with Gasteiger partial charge in [0.1, 0.15) is 18.0 Å². The minimum absolute atomic E-state index is 0.169. The van der Waals surface area contributed by atoms with Crippen molar-refractivity contribution in [2.75, 3.05) is 5.32 Å². The van der Waals surface area contributed by atoms with Gasteiger partial charge >= 0.3 is 0 Å². The summed E-state index contributed by atoms with van der Waals surface area (Å²) in [7, 11) is 0. The Labute approximate surface area is 124 Å². The van der Waals surface area contributed by atoms with Crippen LogP contribution >= 0.6 is 23.2 Å². The maximum absolute atomic E-state index is 13.9. The van der Waals surface area contributed by atoms with Crippen molar-refractivity contribution in [3.05, 3.63) is 58.6 Å². The van der Waals surface area contributed by atoms with E-state index in [0.29, 0.717) is 5.82 Å². The number of halogens is 3. The van der Waals surface area contributed by atoms with E-state index in [0.717, 1.165) is 17.0 Å². The standard InChI is InChI=1S/C14H8Cl2FN3/c15-9-5-11(17)13(6-10(9)16)20-14-8-3-1-2-4-12(8)18-7-19-14/h1-7H,(H,18,19,20). The molecule has 1 heterocycles. The van der Waals surface area contributed by atoms with E-state index >= 15 is 0 Å². The van der Waals surface area contributed by atoms with Gasteiger partial charge in [0.2, 0.25) is 0 Å². The maximum atomic E-state index is 13.9. The Kier molecular flexibility index (Phi) is 3.42. The Hall–Kier alpha value is -1.91. The molecule has 3 nitrogen and oxygen atoms in total. The van der Waals surface area contributed by atoms with Crippen LogP contribution in [-0.2, 0) is 0 Å². The lowest BCUT2D eigenvalue weighted by Gasteiger charge is -2.10. The molecule has 0 unspecified atom stereocenters. The molecule has 6 heteroatoms. The van der Waals surface area contributed by atoms with E-state index in [9.17, 15) is 4.39 Å². The van der Waals surface area contributed by atoms with Gasteiger partial charge in [-0.05, 0) is 24.3 Å². The molecule has 1 aromatic heterocycles. The normalized spacial score (nSPS) is 10.8. The fourth-order valence-corrected chi connectivity index (χ4v) is 2.16. The highest BCUT2D eigenvalue weighted by Crippen LogP contribution is 2.30. The zero-order valence-electron chi connectivity index (χ0n) is 10.1. The molecule has 0 aliphatic heterocycles. The van der Waals surface area contributed by atoms with Gasteiger partial charge in [0.25, 0.3) is 0 Å². The van der Waals surface area contributed by atoms with Gasteiger partial charge in [0, 0.05) is 5.39 Å². The lowest BCUT2D eigenvalue weighted by Crippen LogP contribution is -1.98. The maximum Gasteiger partial charge on any atom is 0.148 e.